The van der Waals surface area contributed by atoms with Crippen LogP contribution in [0.5, 0.6) is 0 Å². The predicted octanol–water partition coefficient (Wildman–Crippen LogP) is 6.80. The number of rotatable bonds is 6. The maximum absolute atomic E-state index is 13.0. The van der Waals surface area contributed by atoms with Crippen molar-refractivity contribution in [3.8, 4) is 6.07 Å². The molecule has 0 fully saturated rings. The maximum atomic E-state index is 13.0. The van der Waals surface area contributed by atoms with Crippen LogP contribution in [0.1, 0.15) is 93.7 Å². The van der Waals surface area contributed by atoms with Crippen LogP contribution in [0.3, 0.4) is 0 Å². The number of ether oxygens (including phenoxy) is 1. The predicted molar refractivity (Wildman–Crippen MR) is 142 cm³/mol. The Morgan fingerprint density at radius 1 is 1.22 bits per heavy atom. The van der Waals surface area contributed by atoms with Crippen molar-refractivity contribution >= 4 is 22.7 Å². The van der Waals surface area contributed by atoms with Gasteiger partial charge in [0.1, 0.15) is 17.4 Å². The van der Waals surface area contributed by atoms with E-state index in [4.69, 9.17) is 10.00 Å². The third-order valence-electron chi connectivity index (χ3n) is 7.99. The molecule has 1 aliphatic carbocycles. The Balaban J connectivity index is 1.53. The Kier molecular flexibility index (Phi) is 6.00. The molecule has 2 aromatic rings. The van der Waals surface area contributed by atoms with Gasteiger partial charge < -0.3 is 15.0 Å². The summed E-state index contributed by atoms with van der Waals surface area (Å²) in [6, 6.07) is 8.30. The van der Waals surface area contributed by atoms with Crippen LogP contribution < -0.4 is 5.32 Å². The lowest BCUT2D eigenvalue weighted by Crippen LogP contribution is -2.39. The van der Waals surface area contributed by atoms with Gasteiger partial charge in [-0.15, -0.1) is 0 Å². The van der Waals surface area contributed by atoms with Gasteiger partial charge in [0.15, 0.2) is 5.82 Å². The summed E-state index contributed by atoms with van der Waals surface area (Å²) in [7, 11) is 0. The summed E-state index contributed by atoms with van der Waals surface area (Å²) in [5.74, 6) is -0.227. The Morgan fingerprint density at radius 2 is 2.06 bits per heavy atom. The number of allylic oxidation sites excluding steroid dienone is 2. The molecule has 2 bridgehead atoms. The number of imidazole rings is 1. The summed E-state index contributed by atoms with van der Waals surface area (Å²) in [4.78, 5) is 19.8. The van der Waals surface area contributed by atoms with Crippen LogP contribution in [0.2, 0.25) is 0 Å². The van der Waals surface area contributed by atoms with Crippen molar-refractivity contribution < 1.29 is 9.53 Å². The molecule has 0 radical (unpaired) electrons. The quantitative estimate of drug-likeness (QED) is 0.443. The van der Waals surface area contributed by atoms with Crippen LogP contribution in [0.25, 0.3) is 11.1 Å². The van der Waals surface area contributed by atoms with Gasteiger partial charge in [0.25, 0.3) is 5.91 Å². The smallest absolute Gasteiger partial charge is 0.291 e. The lowest BCUT2D eigenvalue weighted by atomic mass is 9.76. The number of aromatic amines is 1. The monoisotopic (exact) mass is 482 g/mol. The number of hydrogen-bond acceptors (Lipinski definition) is 4. The number of aromatic nitrogens is 2. The average molecular weight is 483 g/mol. The second kappa shape index (κ2) is 8.90. The molecule has 1 aromatic heterocycles. The van der Waals surface area contributed by atoms with Gasteiger partial charge in [0.05, 0.1) is 11.8 Å². The molecule has 3 aliphatic rings. The summed E-state index contributed by atoms with van der Waals surface area (Å²) in [6.07, 6.45) is 16.2. The Hall–Kier alpha value is -3.43. The van der Waals surface area contributed by atoms with Crippen LogP contribution in [0.15, 0.2) is 48.7 Å². The summed E-state index contributed by atoms with van der Waals surface area (Å²) in [5, 5.41) is 12.1. The number of hydrogen-bond donors (Lipinski definition) is 2. The van der Waals surface area contributed by atoms with Gasteiger partial charge in [0, 0.05) is 17.7 Å². The van der Waals surface area contributed by atoms with Crippen molar-refractivity contribution in [3.05, 3.63) is 71.3 Å². The zero-order chi connectivity index (χ0) is 25.6. The molecule has 6 heteroatoms. The van der Waals surface area contributed by atoms with E-state index >= 15 is 0 Å². The molecule has 0 saturated carbocycles. The van der Waals surface area contributed by atoms with Crippen LogP contribution in [0, 0.1) is 16.7 Å². The normalized spacial score (nSPS) is 26.2. The van der Waals surface area contributed by atoms with Crippen molar-refractivity contribution in [2.24, 2.45) is 5.41 Å². The third-order valence-corrected chi connectivity index (χ3v) is 7.99. The maximum Gasteiger partial charge on any atom is 0.291 e. The van der Waals surface area contributed by atoms with Crippen LogP contribution >= 0.6 is 0 Å². The number of nitrogens with one attached hydrogen (secondary N) is 2. The van der Waals surface area contributed by atoms with E-state index in [0.29, 0.717) is 0 Å². The fourth-order valence-electron chi connectivity index (χ4n) is 5.49. The number of nitriles is 1. The molecule has 186 valence electrons. The number of anilines is 1. The molecule has 2 aliphatic heterocycles. The van der Waals surface area contributed by atoms with Crippen molar-refractivity contribution in [1.29, 1.82) is 5.26 Å². The number of fused-ring (bicyclic) bond motifs is 2. The average Bonchev–Trinajstić information content (AvgIpc) is 3.47. The van der Waals surface area contributed by atoms with E-state index in [2.05, 4.69) is 79.4 Å². The molecule has 36 heavy (non-hydrogen) atoms. The van der Waals surface area contributed by atoms with Gasteiger partial charge in [-0.05, 0) is 72.4 Å². The molecule has 6 nitrogen and oxygen atoms in total. The molecule has 1 aromatic carbocycles. The zero-order valence-electron chi connectivity index (χ0n) is 21.6. The highest BCUT2D eigenvalue weighted by molar-refractivity contribution is 6.03. The minimum absolute atomic E-state index is 0.130. The van der Waals surface area contributed by atoms with Gasteiger partial charge >= 0.3 is 0 Å². The number of amides is 1. The van der Waals surface area contributed by atoms with Crippen molar-refractivity contribution in [2.75, 3.05) is 5.32 Å². The number of benzene rings is 1. The summed E-state index contributed by atoms with van der Waals surface area (Å²) in [6.45, 7) is 8.95. The largest absolute Gasteiger partial charge is 0.356 e. The molecular weight excluding hydrogens is 448 g/mol. The van der Waals surface area contributed by atoms with Crippen molar-refractivity contribution in [3.63, 3.8) is 0 Å². The fourth-order valence-corrected chi connectivity index (χ4v) is 5.49. The molecule has 0 spiro atoms. The lowest BCUT2D eigenvalue weighted by Gasteiger charge is -2.39. The Labute approximate surface area is 213 Å². The zero-order valence-corrected chi connectivity index (χ0v) is 21.6. The van der Waals surface area contributed by atoms with E-state index in [1.165, 1.54) is 22.9 Å². The van der Waals surface area contributed by atoms with Crippen molar-refractivity contribution in [1.82, 2.24) is 9.97 Å². The first-order valence-corrected chi connectivity index (χ1v) is 12.9. The minimum atomic E-state index is -0.357. The molecule has 3 heterocycles. The number of carbonyl (C=O) groups is 1. The van der Waals surface area contributed by atoms with Gasteiger partial charge in [-0.25, -0.2) is 4.98 Å². The van der Waals surface area contributed by atoms with Crippen LogP contribution in [0.4, 0.5) is 5.69 Å². The molecular formula is C30H34N4O2. The van der Waals surface area contributed by atoms with Crippen molar-refractivity contribution in [2.45, 2.75) is 77.4 Å². The molecule has 2 N–H and O–H groups in total. The van der Waals surface area contributed by atoms with Gasteiger partial charge in [-0.3, -0.25) is 4.79 Å². The summed E-state index contributed by atoms with van der Waals surface area (Å²) >= 11 is 0. The molecule has 2 atom stereocenters. The first-order valence-electron chi connectivity index (χ1n) is 12.9. The number of carbonyl (C=O) groups excluding carboxylic acids is 1. The van der Waals surface area contributed by atoms with E-state index in [-0.39, 0.29) is 34.0 Å². The highest BCUT2D eigenvalue weighted by Crippen LogP contribution is 2.49. The number of nitrogens with zero attached hydrogens (tertiary/aromatic N) is 2. The first-order chi connectivity index (χ1) is 17.2. The Morgan fingerprint density at radius 3 is 2.72 bits per heavy atom. The first kappa shape index (κ1) is 24.3. The topological polar surface area (TPSA) is 90.8 Å². The third kappa shape index (κ3) is 4.44. The summed E-state index contributed by atoms with van der Waals surface area (Å²) in [5.41, 5.74) is 5.46. The molecule has 1 amide bonds. The van der Waals surface area contributed by atoms with E-state index in [0.717, 1.165) is 49.8 Å². The molecule has 2 unspecified atom stereocenters. The van der Waals surface area contributed by atoms with E-state index < -0.39 is 0 Å². The highest BCUT2D eigenvalue weighted by atomic mass is 16.5. The SMILES string of the molecule is CCC12C=CC(CC)(CC(c3ccc(NC(=O)c4ncc(C#N)[nH]4)c(C4=CCC(C)(C)CC4)c3)=C1)O2. The van der Waals surface area contributed by atoms with E-state index in [1.54, 1.807) is 0 Å². The van der Waals surface area contributed by atoms with Gasteiger partial charge in [-0.2, -0.15) is 5.26 Å². The number of H-pyrrole nitrogens is 1. The Bertz CT molecular complexity index is 1340. The van der Waals surface area contributed by atoms with Crippen LogP contribution in [-0.4, -0.2) is 27.1 Å². The highest BCUT2D eigenvalue weighted by Gasteiger charge is 2.46. The van der Waals surface area contributed by atoms with E-state index in [1.807, 2.05) is 12.1 Å². The minimum Gasteiger partial charge on any atom is -0.356 e. The fraction of sp³-hybridized carbons (Fsp3) is 0.433. The van der Waals surface area contributed by atoms with E-state index in [9.17, 15) is 4.79 Å². The molecule has 0 saturated heterocycles. The summed E-state index contributed by atoms with van der Waals surface area (Å²) < 4.78 is 6.54. The van der Waals surface area contributed by atoms with Gasteiger partial charge in [0.2, 0.25) is 0 Å². The molecule has 5 rings (SSSR count). The lowest BCUT2D eigenvalue weighted by molar-refractivity contribution is -0.0711. The van der Waals surface area contributed by atoms with Gasteiger partial charge in [-0.1, -0.05) is 52.0 Å². The standard InChI is InChI=1S/C30H34N4O2/c1-5-29-13-14-30(6-2,36-29)17-22(16-29)21-7-8-25(34-27(35)26-32-19-23(18-31)33-26)24(15-21)20-9-11-28(3,4)12-10-20/h7-9,13-16,19H,5-6,10-12,17H2,1-4H3,(H,32,33)(H,34,35). The second-order valence-corrected chi connectivity index (χ2v) is 11.1. The second-order valence-electron chi connectivity index (χ2n) is 11.1. The van der Waals surface area contributed by atoms with Crippen LogP contribution in [-0.2, 0) is 4.74 Å².